The molecule has 2 rings (SSSR count). The monoisotopic (exact) mass is 458 g/mol. The largest absolute Gasteiger partial charge is 0.496 e. The molecule has 0 aliphatic rings. The highest BCUT2D eigenvalue weighted by molar-refractivity contribution is 6.03. The van der Waals surface area contributed by atoms with Crippen LogP contribution in [0.1, 0.15) is 18.4 Å². The fourth-order valence-corrected chi connectivity index (χ4v) is 2.86. The van der Waals surface area contributed by atoms with Crippen LogP contribution in [0, 0.1) is 0 Å². The summed E-state index contributed by atoms with van der Waals surface area (Å²) in [5.74, 6) is -0.172. The first-order chi connectivity index (χ1) is 15.8. The molecule has 10 heteroatoms. The van der Waals surface area contributed by atoms with Gasteiger partial charge >= 0.3 is 5.97 Å². The third kappa shape index (κ3) is 7.17. The average molecular weight is 458 g/mol. The van der Waals surface area contributed by atoms with Crippen molar-refractivity contribution in [2.24, 2.45) is 0 Å². The summed E-state index contributed by atoms with van der Waals surface area (Å²) in [6.07, 6.45) is 2.36. The number of rotatable bonds is 11. The lowest BCUT2D eigenvalue weighted by Gasteiger charge is -2.13. The van der Waals surface area contributed by atoms with Gasteiger partial charge in [-0.3, -0.25) is 14.4 Å². The van der Waals surface area contributed by atoms with E-state index >= 15 is 0 Å². The predicted octanol–water partition coefficient (Wildman–Crippen LogP) is 3.18. The molecule has 176 valence electrons. The minimum Gasteiger partial charge on any atom is -0.496 e. The van der Waals surface area contributed by atoms with Crippen molar-refractivity contribution in [2.45, 2.75) is 12.8 Å². The van der Waals surface area contributed by atoms with E-state index in [2.05, 4.69) is 10.6 Å². The van der Waals surface area contributed by atoms with Crippen LogP contribution in [0.3, 0.4) is 0 Å². The second-order valence-electron chi connectivity index (χ2n) is 6.63. The molecule has 10 nitrogen and oxygen atoms in total. The summed E-state index contributed by atoms with van der Waals surface area (Å²) in [6, 6.07) is 8.03. The summed E-state index contributed by atoms with van der Waals surface area (Å²) in [7, 11) is 5.94. The molecule has 0 aromatic heterocycles. The van der Waals surface area contributed by atoms with Gasteiger partial charge in [-0.2, -0.15) is 0 Å². The molecule has 0 fully saturated rings. The van der Waals surface area contributed by atoms with E-state index in [0.717, 1.165) is 0 Å². The first-order valence-corrected chi connectivity index (χ1v) is 9.80. The number of benzene rings is 2. The van der Waals surface area contributed by atoms with Gasteiger partial charge in [0.25, 0.3) is 0 Å². The summed E-state index contributed by atoms with van der Waals surface area (Å²) in [6.45, 7) is 0. The average Bonchev–Trinajstić information content (AvgIpc) is 2.81. The Labute approximate surface area is 191 Å². The number of amides is 2. The fourth-order valence-electron chi connectivity index (χ4n) is 2.86. The molecule has 2 aromatic rings. The molecule has 0 heterocycles. The molecule has 0 saturated heterocycles. The zero-order chi connectivity index (χ0) is 24.4. The Balaban J connectivity index is 2.18. The third-order valence-electron chi connectivity index (χ3n) is 4.46. The summed E-state index contributed by atoms with van der Waals surface area (Å²) in [5, 5.41) is 14.0. The van der Waals surface area contributed by atoms with Gasteiger partial charge in [-0.15, -0.1) is 0 Å². The third-order valence-corrected chi connectivity index (χ3v) is 4.46. The van der Waals surface area contributed by atoms with E-state index in [-0.39, 0.29) is 12.8 Å². The van der Waals surface area contributed by atoms with Crippen molar-refractivity contribution in [2.75, 3.05) is 39.1 Å². The summed E-state index contributed by atoms with van der Waals surface area (Å²) in [5.41, 5.74) is 1.25. The summed E-state index contributed by atoms with van der Waals surface area (Å²) >= 11 is 0. The van der Waals surface area contributed by atoms with E-state index in [9.17, 15) is 14.4 Å². The van der Waals surface area contributed by atoms with Crippen molar-refractivity contribution in [1.82, 2.24) is 0 Å². The van der Waals surface area contributed by atoms with E-state index in [1.54, 1.807) is 30.3 Å². The minimum atomic E-state index is -1.07. The van der Waals surface area contributed by atoms with Gasteiger partial charge in [0.15, 0.2) is 0 Å². The molecule has 2 aromatic carbocycles. The SMILES string of the molecule is COc1cc(OC)c(C=CC(=O)Nc2ccc(OC)c(NC(=O)CCC(=O)O)c2)c(OC)c1. The highest BCUT2D eigenvalue weighted by Gasteiger charge is 2.13. The molecule has 0 aliphatic heterocycles. The van der Waals surface area contributed by atoms with Gasteiger partial charge in [-0.05, 0) is 24.3 Å². The first kappa shape index (κ1) is 25.1. The van der Waals surface area contributed by atoms with Crippen molar-refractivity contribution in [3.05, 3.63) is 42.0 Å². The molecule has 0 bridgehead atoms. The van der Waals surface area contributed by atoms with Crippen LogP contribution in [0.4, 0.5) is 11.4 Å². The quantitative estimate of drug-likeness (QED) is 0.438. The van der Waals surface area contributed by atoms with Crippen molar-refractivity contribution in [1.29, 1.82) is 0 Å². The van der Waals surface area contributed by atoms with Crippen molar-refractivity contribution in [3.8, 4) is 23.0 Å². The van der Waals surface area contributed by atoms with Crippen LogP contribution in [0.15, 0.2) is 36.4 Å². The Kier molecular flexibility index (Phi) is 9.10. The van der Waals surface area contributed by atoms with Crippen molar-refractivity contribution in [3.63, 3.8) is 0 Å². The van der Waals surface area contributed by atoms with Crippen LogP contribution in [-0.2, 0) is 14.4 Å². The summed E-state index contributed by atoms with van der Waals surface area (Å²) < 4.78 is 21.1. The molecule has 2 amide bonds. The highest BCUT2D eigenvalue weighted by Crippen LogP contribution is 2.35. The standard InChI is InChI=1S/C23H26N2O8/c1-30-15-12-19(32-3)16(20(13-15)33-4)6-8-21(26)24-14-5-7-18(31-2)17(11-14)25-22(27)9-10-23(28)29/h5-8,11-13H,9-10H2,1-4H3,(H,24,26)(H,25,27)(H,28,29). The minimum absolute atomic E-state index is 0.191. The Morgan fingerprint density at radius 3 is 2.03 bits per heavy atom. The van der Waals surface area contributed by atoms with Gasteiger partial charge in [-0.25, -0.2) is 0 Å². The smallest absolute Gasteiger partial charge is 0.303 e. The molecule has 0 saturated carbocycles. The number of carbonyl (C=O) groups is 3. The van der Waals surface area contributed by atoms with Crippen molar-refractivity contribution >= 4 is 35.2 Å². The van der Waals surface area contributed by atoms with E-state index in [1.165, 1.54) is 40.6 Å². The number of hydrogen-bond acceptors (Lipinski definition) is 7. The number of anilines is 2. The van der Waals surface area contributed by atoms with Crippen LogP contribution in [0.5, 0.6) is 23.0 Å². The van der Waals surface area contributed by atoms with Crippen LogP contribution in [0.2, 0.25) is 0 Å². The lowest BCUT2D eigenvalue weighted by Crippen LogP contribution is -2.14. The molecule has 33 heavy (non-hydrogen) atoms. The number of hydrogen-bond donors (Lipinski definition) is 3. The molecule has 3 N–H and O–H groups in total. The highest BCUT2D eigenvalue weighted by atomic mass is 16.5. The maximum Gasteiger partial charge on any atom is 0.303 e. The van der Waals surface area contributed by atoms with E-state index in [1.807, 2.05) is 0 Å². The second-order valence-corrected chi connectivity index (χ2v) is 6.63. The molecule has 0 radical (unpaired) electrons. The van der Waals surface area contributed by atoms with Gasteiger partial charge in [0.2, 0.25) is 11.8 Å². The lowest BCUT2D eigenvalue weighted by atomic mass is 10.1. The van der Waals surface area contributed by atoms with Crippen LogP contribution in [-0.4, -0.2) is 51.3 Å². The Bertz CT molecular complexity index is 1020. The number of carboxylic acid groups (broad SMARTS) is 1. The Hall–Kier alpha value is -4.21. The number of nitrogens with one attached hydrogen (secondary N) is 2. The fraction of sp³-hybridized carbons (Fsp3) is 0.261. The van der Waals surface area contributed by atoms with E-state index in [0.29, 0.717) is 39.9 Å². The number of carboxylic acids is 1. The maximum atomic E-state index is 12.5. The molecule has 0 aliphatic carbocycles. The lowest BCUT2D eigenvalue weighted by molar-refractivity contribution is -0.138. The number of ether oxygens (including phenoxy) is 4. The van der Waals surface area contributed by atoms with Gasteiger partial charge in [0, 0.05) is 30.3 Å². The van der Waals surface area contributed by atoms with E-state index in [4.69, 9.17) is 24.1 Å². The van der Waals surface area contributed by atoms with Gasteiger partial charge < -0.3 is 34.7 Å². The zero-order valence-corrected chi connectivity index (χ0v) is 18.8. The maximum absolute atomic E-state index is 12.5. The number of methoxy groups -OCH3 is 4. The topological polar surface area (TPSA) is 132 Å². The Morgan fingerprint density at radius 2 is 1.48 bits per heavy atom. The molecular weight excluding hydrogens is 432 g/mol. The van der Waals surface area contributed by atoms with Crippen LogP contribution < -0.4 is 29.6 Å². The van der Waals surface area contributed by atoms with Gasteiger partial charge in [-0.1, -0.05) is 0 Å². The normalized spacial score (nSPS) is 10.4. The summed E-state index contributed by atoms with van der Waals surface area (Å²) in [4.78, 5) is 35.1. The molecule has 0 unspecified atom stereocenters. The van der Waals surface area contributed by atoms with Gasteiger partial charge in [0.1, 0.15) is 23.0 Å². The van der Waals surface area contributed by atoms with Crippen LogP contribution in [0.25, 0.3) is 6.08 Å². The molecule has 0 atom stereocenters. The van der Waals surface area contributed by atoms with Crippen LogP contribution >= 0.6 is 0 Å². The molecular formula is C23H26N2O8. The molecule has 0 spiro atoms. The van der Waals surface area contributed by atoms with E-state index < -0.39 is 17.8 Å². The second kappa shape index (κ2) is 12.0. The van der Waals surface area contributed by atoms with Crippen molar-refractivity contribution < 1.29 is 38.4 Å². The number of carbonyl (C=O) groups excluding carboxylic acids is 2. The van der Waals surface area contributed by atoms with Gasteiger partial charge in [0.05, 0.1) is 46.1 Å². The predicted molar refractivity (Wildman–Crippen MR) is 122 cm³/mol. The Morgan fingerprint density at radius 1 is 0.848 bits per heavy atom. The zero-order valence-electron chi connectivity index (χ0n) is 18.8. The first-order valence-electron chi connectivity index (χ1n) is 9.80. The number of aliphatic carboxylic acids is 1.